The van der Waals surface area contributed by atoms with E-state index in [9.17, 15) is 0 Å². The lowest BCUT2D eigenvalue weighted by atomic mass is 10.1. The van der Waals surface area contributed by atoms with Crippen LogP contribution in [0.5, 0.6) is 0 Å². The highest BCUT2D eigenvalue weighted by atomic mass is 35.5. The molecule has 0 amide bonds. The van der Waals surface area contributed by atoms with Gasteiger partial charge >= 0.3 is 0 Å². The number of hydrogen-bond acceptors (Lipinski definition) is 3. The van der Waals surface area contributed by atoms with Gasteiger partial charge in [0, 0.05) is 5.92 Å². The lowest BCUT2D eigenvalue weighted by Crippen LogP contribution is -1.94. The van der Waals surface area contributed by atoms with Gasteiger partial charge in [0.05, 0.1) is 0 Å². The maximum atomic E-state index is 5.95. The monoisotopic (exact) mass is 222 g/mol. The zero-order valence-electron chi connectivity index (χ0n) is 8.20. The fraction of sp³-hybridized carbons (Fsp3) is 0.500. The Morgan fingerprint density at radius 2 is 2.07 bits per heavy atom. The SMILES string of the molecule is Clc1ncnc2nc(C3CCCC3)[nH]c12. The highest BCUT2D eigenvalue weighted by molar-refractivity contribution is 6.33. The first-order chi connectivity index (χ1) is 7.34. The molecule has 15 heavy (non-hydrogen) atoms. The van der Waals surface area contributed by atoms with E-state index in [1.807, 2.05) is 0 Å². The maximum Gasteiger partial charge on any atom is 0.182 e. The molecule has 4 nitrogen and oxygen atoms in total. The molecular formula is C10H11ClN4. The van der Waals surface area contributed by atoms with Crippen LogP contribution in [0.3, 0.4) is 0 Å². The van der Waals surface area contributed by atoms with E-state index < -0.39 is 0 Å². The average molecular weight is 223 g/mol. The molecule has 0 aromatic carbocycles. The van der Waals surface area contributed by atoms with Gasteiger partial charge in [-0.05, 0) is 12.8 Å². The summed E-state index contributed by atoms with van der Waals surface area (Å²) in [5, 5.41) is 0.455. The molecule has 0 saturated heterocycles. The van der Waals surface area contributed by atoms with Crippen molar-refractivity contribution in [1.29, 1.82) is 0 Å². The number of imidazole rings is 1. The van der Waals surface area contributed by atoms with E-state index >= 15 is 0 Å². The third-order valence-corrected chi connectivity index (χ3v) is 3.29. The molecule has 3 rings (SSSR count). The van der Waals surface area contributed by atoms with Crippen LogP contribution in [0.15, 0.2) is 6.33 Å². The van der Waals surface area contributed by atoms with Gasteiger partial charge in [0.15, 0.2) is 10.8 Å². The normalized spacial score (nSPS) is 17.7. The zero-order valence-corrected chi connectivity index (χ0v) is 8.96. The Kier molecular flexibility index (Phi) is 2.09. The Morgan fingerprint density at radius 1 is 1.27 bits per heavy atom. The first kappa shape index (κ1) is 9.09. The molecule has 0 aliphatic heterocycles. The molecule has 1 aliphatic rings. The highest BCUT2D eigenvalue weighted by Crippen LogP contribution is 2.33. The van der Waals surface area contributed by atoms with Crippen molar-refractivity contribution in [3.8, 4) is 0 Å². The minimum absolute atomic E-state index is 0.455. The van der Waals surface area contributed by atoms with Crippen molar-refractivity contribution in [3.63, 3.8) is 0 Å². The first-order valence-corrected chi connectivity index (χ1v) is 5.58. The number of aromatic amines is 1. The summed E-state index contributed by atoms with van der Waals surface area (Å²) in [4.78, 5) is 15.7. The smallest absolute Gasteiger partial charge is 0.182 e. The zero-order chi connectivity index (χ0) is 10.3. The van der Waals surface area contributed by atoms with Crippen molar-refractivity contribution in [1.82, 2.24) is 19.9 Å². The van der Waals surface area contributed by atoms with Crippen molar-refractivity contribution >= 4 is 22.8 Å². The summed E-state index contributed by atoms with van der Waals surface area (Å²) in [5.41, 5.74) is 1.44. The average Bonchev–Trinajstić information content (AvgIpc) is 2.86. The van der Waals surface area contributed by atoms with Crippen LogP contribution < -0.4 is 0 Å². The Bertz CT molecular complexity index is 487. The van der Waals surface area contributed by atoms with Crippen LogP contribution in [0.1, 0.15) is 37.4 Å². The summed E-state index contributed by atoms with van der Waals surface area (Å²) in [6, 6.07) is 0. The van der Waals surface area contributed by atoms with Gasteiger partial charge in [-0.1, -0.05) is 24.4 Å². The van der Waals surface area contributed by atoms with Crippen LogP contribution in [0, 0.1) is 0 Å². The molecule has 2 heterocycles. The van der Waals surface area contributed by atoms with E-state index in [4.69, 9.17) is 11.6 Å². The Labute approximate surface area is 92.1 Å². The molecule has 0 unspecified atom stereocenters. The van der Waals surface area contributed by atoms with Crippen molar-refractivity contribution in [2.45, 2.75) is 31.6 Å². The van der Waals surface area contributed by atoms with Crippen LogP contribution in [-0.4, -0.2) is 19.9 Å². The Morgan fingerprint density at radius 3 is 2.80 bits per heavy atom. The molecule has 1 aliphatic carbocycles. The van der Waals surface area contributed by atoms with Gasteiger partial charge in [-0.2, -0.15) is 0 Å². The first-order valence-electron chi connectivity index (χ1n) is 5.20. The lowest BCUT2D eigenvalue weighted by molar-refractivity contribution is 0.681. The maximum absolute atomic E-state index is 5.95. The van der Waals surface area contributed by atoms with Gasteiger partial charge in [0.1, 0.15) is 17.7 Å². The summed E-state index contributed by atoms with van der Waals surface area (Å²) in [6.07, 6.45) is 6.46. The molecular weight excluding hydrogens is 212 g/mol. The topological polar surface area (TPSA) is 54.5 Å². The predicted octanol–water partition coefficient (Wildman–Crippen LogP) is 2.66. The van der Waals surface area contributed by atoms with Gasteiger partial charge in [-0.3, -0.25) is 0 Å². The van der Waals surface area contributed by atoms with E-state index in [0.717, 1.165) is 11.3 Å². The summed E-state index contributed by atoms with van der Waals surface area (Å²) in [5.74, 6) is 1.57. The summed E-state index contributed by atoms with van der Waals surface area (Å²) < 4.78 is 0. The van der Waals surface area contributed by atoms with Crippen LogP contribution >= 0.6 is 11.6 Å². The van der Waals surface area contributed by atoms with E-state index in [1.54, 1.807) is 0 Å². The van der Waals surface area contributed by atoms with Crippen LogP contribution in [0.4, 0.5) is 0 Å². The second-order valence-corrected chi connectivity index (χ2v) is 4.32. The van der Waals surface area contributed by atoms with Gasteiger partial charge in [0.2, 0.25) is 0 Å². The highest BCUT2D eigenvalue weighted by Gasteiger charge is 2.21. The van der Waals surface area contributed by atoms with Gasteiger partial charge in [0.25, 0.3) is 0 Å². The molecule has 1 saturated carbocycles. The number of H-pyrrole nitrogens is 1. The van der Waals surface area contributed by atoms with Crippen LogP contribution in [0.25, 0.3) is 11.2 Å². The van der Waals surface area contributed by atoms with Gasteiger partial charge < -0.3 is 4.98 Å². The number of nitrogens with zero attached hydrogens (tertiary/aromatic N) is 3. The minimum atomic E-state index is 0.455. The molecule has 0 spiro atoms. The van der Waals surface area contributed by atoms with E-state index in [0.29, 0.717) is 16.7 Å². The third-order valence-electron chi connectivity index (χ3n) is 3.00. The number of halogens is 1. The molecule has 2 aromatic rings. The largest absolute Gasteiger partial charge is 0.338 e. The fourth-order valence-corrected chi connectivity index (χ4v) is 2.39. The summed E-state index contributed by atoms with van der Waals surface area (Å²) >= 11 is 5.95. The van der Waals surface area contributed by atoms with Crippen LogP contribution in [0.2, 0.25) is 5.15 Å². The number of rotatable bonds is 1. The van der Waals surface area contributed by atoms with E-state index in [2.05, 4.69) is 19.9 Å². The van der Waals surface area contributed by atoms with E-state index in [1.165, 1.54) is 32.0 Å². The molecule has 2 aromatic heterocycles. The second kappa shape index (κ2) is 3.45. The molecule has 1 fully saturated rings. The van der Waals surface area contributed by atoms with Crippen molar-refractivity contribution in [2.24, 2.45) is 0 Å². The molecule has 1 N–H and O–H groups in total. The second-order valence-electron chi connectivity index (χ2n) is 3.97. The van der Waals surface area contributed by atoms with Gasteiger partial charge in [-0.25, -0.2) is 15.0 Å². The minimum Gasteiger partial charge on any atom is -0.338 e. The summed E-state index contributed by atoms with van der Waals surface area (Å²) in [6.45, 7) is 0. The van der Waals surface area contributed by atoms with Crippen LogP contribution in [-0.2, 0) is 0 Å². The van der Waals surface area contributed by atoms with Crippen molar-refractivity contribution < 1.29 is 0 Å². The van der Waals surface area contributed by atoms with E-state index in [-0.39, 0.29) is 0 Å². The third kappa shape index (κ3) is 1.49. The lowest BCUT2D eigenvalue weighted by Gasteiger charge is -2.02. The number of aromatic nitrogens is 4. The van der Waals surface area contributed by atoms with Crippen molar-refractivity contribution in [3.05, 3.63) is 17.3 Å². The van der Waals surface area contributed by atoms with Gasteiger partial charge in [-0.15, -0.1) is 0 Å². The molecule has 0 bridgehead atoms. The molecule has 78 valence electrons. The number of nitrogens with one attached hydrogen (secondary N) is 1. The fourth-order valence-electron chi connectivity index (χ4n) is 2.21. The number of fused-ring (bicyclic) bond motifs is 1. The summed E-state index contributed by atoms with van der Waals surface area (Å²) in [7, 11) is 0. The molecule has 5 heteroatoms. The standard InChI is InChI=1S/C10H11ClN4/c11-8-7-10(13-5-12-8)15-9(14-7)6-3-1-2-4-6/h5-6H,1-4H2,(H,12,13,14,15). The Hall–Kier alpha value is -1.16. The quantitative estimate of drug-likeness (QED) is 0.755. The predicted molar refractivity (Wildman–Crippen MR) is 57.9 cm³/mol. The molecule has 0 atom stereocenters. The number of hydrogen-bond donors (Lipinski definition) is 1. The van der Waals surface area contributed by atoms with Crippen molar-refractivity contribution in [2.75, 3.05) is 0 Å². The molecule has 0 radical (unpaired) electrons. The Balaban J connectivity index is 2.09.